The van der Waals surface area contributed by atoms with Crippen LogP contribution in [0.5, 0.6) is 17.2 Å². The second kappa shape index (κ2) is 8.26. The van der Waals surface area contributed by atoms with Crippen molar-refractivity contribution in [1.29, 1.82) is 0 Å². The van der Waals surface area contributed by atoms with E-state index >= 15 is 0 Å². The van der Waals surface area contributed by atoms with Gasteiger partial charge in [-0.3, -0.25) is 9.78 Å². The van der Waals surface area contributed by atoms with Crippen molar-refractivity contribution in [2.24, 2.45) is 0 Å². The topological polar surface area (TPSA) is 70.1 Å². The molecule has 7 nitrogen and oxygen atoms in total. The molecule has 1 atom stereocenters. The maximum absolute atomic E-state index is 12.5. The number of ether oxygens (including phenoxy) is 4. The summed E-state index contributed by atoms with van der Waals surface area (Å²) in [5.41, 5.74) is 1.03. The first-order valence-corrected chi connectivity index (χ1v) is 9.09. The average molecular weight is 370 g/mol. The van der Waals surface area contributed by atoms with Crippen LogP contribution in [0.2, 0.25) is 0 Å². The van der Waals surface area contributed by atoms with E-state index in [4.69, 9.17) is 18.9 Å². The quantitative estimate of drug-likeness (QED) is 0.778. The molecule has 0 radical (unpaired) electrons. The first-order valence-electron chi connectivity index (χ1n) is 9.09. The standard InChI is InChI=1S/C20H22N2O5/c23-20(13-25-16-5-6-18-19(9-16)27-14-26-18)22-8-2-4-17(11-22)24-12-15-3-1-7-21-10-15/h1,3,5-7,9-10,17H,2,4,8,11-14H2/t17-/m1/s1. The number of carbonyl (C=O) groups is 1. The minimum absolute atomic E-state index is 0.00499. The molecule has 1 aromatic heterocycles. The number of amides is 1. The fourth-order valence-corrected chi connectivity index (χ4v) is 3.20. The molecule has 2 aliphatic heterocycles. The molecule has 0 saturated carbocycles. The van der Waals surface area contributed by atoms with E-state index < -0.39 is 0 Å². The number of fused-ring (bicyclic) bond motifs is 1. The molecule has 2 aromatic rings. The number of aromatic nitrogens is 1. The molecule has 1 fully saturated rings. The molecule has 4 rings (SSSR count). The minimum Gasteiger partial charge on any atom is -0.484 e. The van der Waals surface area contributed by atoms with Gasteiger partial charge in [0.2, 0.25) is 6.79 Å². The van der Waals surface area contributed by atoms with Crippen LogP contribution in [0, 0.1) is 0 Å². The van der Waals surface area contributed by atoms with Gasteiger partial charge in [0.1, 0.15) is 5.75 Å². The SMILES string of the molecule is O=C(COc1ccc2c(c1)OCO2)N1CCC[C@@H](OCc2cccnc2)C1. The highest BCUT2D eigenvalue weighted by atomic mass is 16.7. The Kier molecular flexibility index (Phi) is 5.39. The maximum Gasteiger partial charge on any atom is 0.260 e. The number of rotatable bonds is 6. The number of piperidine rings is 1. The highest BCUT2D eigenvalue weighted by Crippen LogP contribution is 2.35. The molecule has 0 bridgehead atoms. The first-order chi connectivity index (χ1) is 13.3. The van der Waals surface area contributed by atoms with Crippen LogP contribution < -0.4 is 14.2 Å². The number of benzene rings is 1. The Morgan fingerprint density at radius 1 is 1.26 bits per heavy atom. The normalized spacial score (nSPS) is 18.4. The Hall–Kier alpha value is -2.80. The lowest BCUT2D eigenvalue weighted by molar-refractivity contribution is -0.137. The molecule has 1 amide bonds. The molecule has 2 aliphatic rings. The van der Waals surface area contributed by atoms with Gasteiger partial charge < -0.3 is 23.8 Å². The van der Waals surface area contributed by atoms with Gasteiger partial charge in [0.25, 0.3) is 5.91 Å². The summed E-state index contributed by atoms with van der Waals surface area (Å²) in [7, 11) is 0. The predicted molar refractivity (Wildman–Crippen MR) is 96.7 cm³/mol. The predicted octanol–water partition coefficient (Wildman–Crippen LogP) is 2.40. The number of hydrogen-bond donors (Lipinski definition) is 0. The van der Waals surface area contributed by atoms with E-state index in [-0.39, 0.29) is 25.4 Å². The molecule has 0 spiro atoms. The lowest BCUT2D eigenvalue weighted by atomic mass is 10.1. The summed E-state index contributed by atoms with van der Waals surface area (Å²) in [6.45, 7) is 2.04. The van der Waals surface area contributed by atoms with Crippen LogP contribution in [0.4, 0.5) is 0 Å². The number of likely N-dealkylation sites (tertiary alicyclic amines) is 1. The largest absolute Gasteiger partial charge is 0.484 e. The highest BCUT2D eigenvalue weighted by Gasteiger charge is 2.24. The lowest BCUT2D eigenvalue weighted by Crippen LogP contribution is -2.45. The van der Waals surface area contributed by atoms with E-state index in [1.807, 2.05) is 17.0 Å². The lowest BCUT2D eigenvalue weighted by Gasteiger charge is -2.32. The van der Waals surface area contributed by atoms with Crippen molar-refractivity contribution in [3.63, 3.8) is 0 Å². The summed E-state index contributed by atoms with van der Waals surface area (Å²) in [6, 6.07) is 9.18. The number of pyridine rings is 1. The van der Waals surface area contributed by atoms with E-state index in [0.717, 1.165) is 24.9 Å². The van der Waals surface area contributed by atoms with Crippen LogP contribution in [0.1, 0.15) is 18.4 Å². The van der Waals surface area contributed by atoms with Gasteiger partial charge in [-0.05, 0) is 36.6 Å². The Bertz CT molecular complexity index is 783. The van der Waals surface area contributed by atoms with Gasteiger partial charge in [-0.25, -0.2) is 0 Å². The van der Waals surface area contributed by atoms with Crippen LogP contribution in [0.15, 0.2) is 42.7 Å². The Morgan fingerprint density at radius 2 is 2.19 bits per heavy atom. The zero-order valence-corrected chi connectivity index (χ0v) is 15.0. The molecule has 0 unspecified atom stereocenters. The van der Waals surface area contributed by atoms with Gasteiger partial charge >= 0.3 is 0 Å². The summed E-state index contributed by atoms with van der Waals surface area (Å²) in [5, 5.41) is 0. The molecule has 7 heteroatoms. The smallest absolute Gasteiger partial charge is 0.260 e. The Labute approximate surface area is 157 Å². The summed E-state index contributed by atoms with van der Waals surface area (Å²) < 4.78 is 22.2. The van der Waals surface area contributed by atoms with E-state index in [0.29, 0.717) is 30.4 Å². The summed E-state index contributed by atoms with van der Waals surface area (Å²) in [4.78, 5) is 18.4. The van der Waals surface area contributed by atoms with Crippen LogP contribution in [-0.4, -0.2) is 48.4 Å². The molecular formula is C20H22N2O5. The third kappa shape index (κ3) is 4.49. The van der Waals surface area contributed by atoms with Crippen molar-refractivity contribution in [1.82, 2.24) is 9.88 Å². The molecule has 1 saturated heterocycles. The Morgan fingerprint density at radius 3 is 3.07 bits per heavy atom. The van der Waals surface area contributed by atoms with E-state index in [1.54, 1.807) is 30.6 Å². The zero-order chi connectivity index (χ0) is 18.5. The molecule has 3 heterocycles. The van der Waals surface area contributed by atoms with Crippen LogP contribution in [0.3, 0.4) is 0 Å². The minimum atomic E-state index is -0.0395. The molecule has 1 aromatic carbocycles. The highest BCUT2D eigenvalue weighted by molar-refractivity contribution is 5.78. The second-order valence-corrected chi connectivity index (χ2v) is 6.58. The van der Waals surface area contributed by atoms with Crippen LogP contribution in [0.25, 0.3) is 0 Å². The molecule has 142 valence electrons. The van der Waals surface area contributed by atoms with E-state index in [9.17, 15) is 4.79 Å². The molecular weight excluding hydrogens is 348 g/mol. The zero-order valence-electron chi connectivity index (χ0n) is 15.0. The maximum atomic E-state index is 12.5. The number of hydrogen-bond acceptors (Lipinski definition) is 6. The second-order valence-electron chi connectivity index (χ2n) is 6.58. The number of nitrogens with zero attached hydrogens (tertiary/aromatic N) is 2. The fraction of sp³-hybridized carbons (Fsp3) is 0.400. The van der Waals surface area contributed by atoms with Crippen LogP contribution in [-0.2, 0) is 16.1 Å². The van der Waals surface area contributed by atoms with Gasteiger partial charge in [-0.1, -0.05) is 6.07 Å². The van der Waals surface area contributed by atoms with Gasteiger partial charge in [0.05, 0.1) is 12.7 Å². The third-order valence-corrected chi connectivity index (χ3v) is 4.65. The summed E-state index contributed by atoms with van der Waals surface area (Å²) in [6.07, 6.45) is 5.45. The molecule has 0 N–H and O–H groups in total. The van der Waals surface area contributed by atoms with E-state index in [2.05, 4.69) is 4.98 Å². The fourth-order valence-electron chi connectivity index (χ4n) is 3.20. The number of carbonyl (C=O) groups excluding carboxylic acids is 1. The first kappa shape index (κ1) is 17.6. The van der Waals surface area contributed by atoms with E-state index in [1.165, 1.54) is 0 Å². The van der Waals surface area contributed by atoms with Gasteiger partial charge in [-0.2, -0.15) is 0 Å². The Balaban J connectivity index is 1.25. The van der Waals surface area contributed by atoms with Crippen molar-refractivity contribution in [3.8, 4) is 17.2 Å². The van der Waals surface area contributed by atoms with Gasteiger partial charge in [0, 0.05) is 31.5 Å². The van der Waals surface area contributed by atoms with Crippen molar-refractivity contribution in [2.45, 2.75) is 25.6 Å². The van der Waals surface area contributed by atoms with Crippen molar-refractivity contribution in [3.05, 3.63) is 48.3 Å². The summed E-state index contributed by atoms with van der Waals surface area (Å²) in [5.74, 6) is 1.89. The van der Waals surface area contributed by atoms with Gasteiger partial charge in [-0.15, -0.1) is 0 Å². The summed E-state index contributed by atoms with van der Waals surface area (Å²) >= 11 is 0. The van der Waals surface area contributed by atoms with Crippen molar-refractivity contribution < 1.29 is 23.7 Å². The average Bonchev–Trinajstić information content (AvgIpc) is 3.19. The van der Waals surface area contributed by atoms with Crippen LogP contribution >= 0.6 is 0 Å². The molecule has 0 aliphatic carbocycles. The third-order valence-electron chi connectivity index (χ3n) is 4.65. The monoisotopic (exact) mass is 370 g/mol. The van der Waals surface area contributed by atoms with Crippen molar-refractivity contribution in [2.75, 3.05) is 26.5 Å². The van der Waals surface area contributed by atoms with Crippen molar-refractivity contribution >= 4 is 5.91 Å². The van der Waals surface area contributed by atoms with Gasteiger partial charge in [0.15, 0.2) is 18.1 Å². The molecule has 27 heavy (non-hydrogen) atoms.